The number of ether oxygens (including phenoxy) is 1. The molecule has 1 aliphatic heterocycles. The van der Waals surface area contributed by atoms with Gasteiger partial charge in [0.05, 0.1) is 18.6 Å². The number of pyridine rings is 1. The van der Waals surface area contributed by atoms with Crippen LogP contribution < -0.4 is 14.4 Å². The zero-order chi connectivity index (χ0) is 31.9. The fourth-order valence-electron chi connectivity index (χ4n) is 8.81. The normalized spacial score (nSPS) is 25.9. The van der Waals surface area contributed by atoms with E-state index in [1.54, 1.807) is 36.7 Å². The van der Waals surface area contributed by atoms with Gasteiger partial charge in [-0.3, -0.25) is 14.7 Å². The van der Waals surface area contributed by atoms with Crippen molar-refractivity contribution in [3.05, 3.63) is 65.9 Å². The van der Waals surface area contributed by atoms with E-state index in [4.69, 9.17) is 4.74 Å². The molecule has 1 amide bonds. The minimum Gasteiger partial charge on any atom is -0.492 e. The van der Waals surface area contributed by atoms with Crippen LogP contribution in [0.5, 0.6) is 5.75 Å². The molecule has 4 saturated carbocycles. The predicted octanol–water partition coefficient (Wildman–Crippen LogP) is 4.67. The largest absolute Gasteiger partial charge is 0.492 e. The smallest absolute Gasteiger partial charge is 0.285 e. The lowest BCUT2D eigenvalue weighted by atomic mass is 9.50. The van der Waals surface area contributed by atoms with Gasteiger partial charge in [0.25, 0.3) is 5.91 Å². The van der Waals surface area contributed by atoms with Crippen LogP contribution in [-0.4, -0.2) is 72.9 Å². The molecule has 4 bridgehead atoms. The summed E-state index contributed by atoms with van der Waals surface area (Å²) in [6.45, 7) is 5.90. The summed E-state index contributed by atoms with van der Waals surface area (Å²) in [5.41, 5.74) is 1.84. The average Bonchev–Trinajstić information content (AvgIpc) is 3.00. The van der Waals surface area contributed by atoms with Crippen LogP contribution in [0, 0.1) is 29.0 Å². The molecule has 3 heterocycles. The van der Waals surface area contributed by atoms with Gasteiger partial charge in [-0.1, -0.05) is 12.1 Å². The van der Waals surface area contributed by atoms with Gasteiger partial charge in [0.1, 0.15) is 11.6 Å². The Kier molecular flexibility index (Phi) is 8.43. The van der Waals surface area contributed by atoms with Crippen LogP contribution in [0.2, 0.25) is 0 Å². The van der Waals surface area contributed by atoms with Gasteiger partial charge in [-0.2, -0.15) is 0 Å². The number of anilines is 1. The number of carbonyl (C=O) groups excluding carboxylic acids is 1. The SMILES string of the molecule is CCOc1cncc(-c2ccc(CN3CCN(c4ccc(C(=O)NS(=O)(=O)CC56CC7CC(CC(C7)C5)C6)nn4)CC3)cc2F)c1. The molecule has 2 aromatic heterocycles. The van der Waals surface area contributed by atoms with Crippen LogP contribution in [0.15, 0.2) is 48.8 Å². The van der Waals surface area contributed by atoms with E-state index in [0.29, 0.717) is 66.7 Å². The molecule has 4 aliphatic carbocycles. The Morgan fingerprint density at radius 2 is 1.70 bits per heavy atom. The molecule has 5 fully saturated rings. The van der Waals surface area contributed by atoms with E-state index < -0.39 is 15.9 Å². The quantitative estimate of drug-likeness (QED) is 0.335. The number of piperazine rings is 1. The minimum absolute atomic E-state index is 0.0117. The first-order chi connectivity index (χ1) is 22.2. The number of halogens is 1. The first kappa shape index (κ1) is 31.0. The molecule has 46 heavy (non-hydrogen) atoms. The van der Waals surface area contributed by atoms with Gasteiger partial charge in [-0.05, 0) is 98.4 Å². The number of hydrogen-bond acceptors (Lipinski definition) is 9. The summed E-state index contributed by atoms with van der Waals surface area (Å²) in [5.74, 6) is 2.14. The van der Waals surface area contributed by atoms with Gasteiger partial charge < -0.3 is 9.64 Å². The number of benzene rings is 1. The summed E-state index contributed by atoms with van der Waals surface area (Å²) in [7, 11) is -3.79. The molecular formula is C34H41FN6O4S. The molecule has 0 unspecified atom stereocenters. The molecule has 244 valence electrons. The van der Waals surface area contributed by atoms with Crippen molar-refractivity contribution in [1.82, 2.24) is 24.8 Å². The van der Waals surface area contributed by atoms with Crippen molar-refractivity contribution in [2.75, 3.05) is 43.4 Å². The Morgan fingerprint density at radius 3 is 2.33 bits per heavy atom. The Morgan fingerprint density at radius 1 is 0.978 bits per heavy atom. The number of sulfonamides is 1. The Balaban J connectivity index is 0.908. The lowest BCUT2D eigenvalue weighted by Crippen LogP contribution is -2.51. The lowest BCUT2D eigenvalue weighted by Gasteiger charge is -2.56. The van der Waals surface area contributed by atoms with Crippen molar-refractivity contribution in [3.63, 3.8) is 0 Å². The van der Waals surface area contributed by atoms with Gasteiger partial charge in [0.2, 0.25) is 10.0 Å². The van der Waals surface area contributed by atoms with Crippen molar-refractivity contribution in [3.8, 4) is 16.9 Å². The van der Waals surface area contributed by atoms with Crippen LogP contribution in [-0.2, 0) is 16.6 Å². The second-order valence-electron chi connectivity index (χ2n) is 13.8. The second-order valence-corrected chi connectivity index (χ2v) is 15.5. The first-order valence-electron chi connectivity index (χ1n) is 16.4. The number of nitrogens with one attached hydrogen (secondary N) is 1. The van der Waals surface area contributed by atoms with Crippen molar-refractivity contribution in [2.24, 2.45) is 23.2 Å². The summed E-state index contributed by atoms with van der Waals surface area (Å²) >= 11 is 0. The third-order valence-corrected chi connectivity index (χ3v) is 11.8. The molecule has 1 aromatic carbocycles. The third-order valence-electron chi connectivity index (χ3n) is 10.3. The van der Waals surface area contributed by atoms with Crippen LogP contribution >= 0.6 is 0 Å². The average molecular weight is 649 g/mol. The van der Waals surface area contributed by atoms with E-state index in [2.05, 4.69) is 29.7 Å². The lowest BCUT2D eigenvalue weighted by molar-refractivity contribution is -0.0391. The molecule has 0 atom stereocenters. The van der Waals surface area contributed by atoms with Crippen molar-refractivity contribution in [1.29, 1.82) is 0 Å². The van der Waals surface area contributed by atoms with Gasteiger partial charge >= 0.3 is 0 Å². The highest BCUT2D eigenvalue weighted by Crippen LogP contribution is 2.60. The summed E-state index contributed by atoms with van der Waals surface area (Å²) in [5, 5.41) is 8.32. The van der Waals surface area contributed by atoms with E-state index in [1.165, 1.54) is 25.3 Å². The van der Waals surface area contributed by atoms with E-state index in [9.17, 15) is 13.2 Å². The van der Waals surface area contributed by atoms with Crippen LogP contribution in [0.1, 0.15) is 61.5 Å². The minimum atomic E-state index is -3.79. The predicted molar refractivity (Wildman–Crippen MR) is 172 cm³/mol. The highest BCUT2D eigenvalue weighted by molar-refractivity contribution is 7.90. The molecular weight excluding hydrogens is 607 g/mol. The Hall–Kier alpha value is -3.64. The van der Waals surface area contributed by atoms with Crippen molar-refractivity contribution in [2.45, 2.75) is 52.0 Å². The third kappa shape index (κ3) is 6.73. The molecule has 1 saturated heterocycles. The van der Waals surface area contributed by atoms with Gasteiger partial charge in [0.15, 0.2) is 11.5 Å². The van der Waals surface area contributed by atoms with E-state index in [1.807, 2.05) is 13.0 Å². The maximum atomic E-state index is 15.1. The topological polar surface area (TPSA) is 118 Å². The van der Waals surface area contributed by atoms with Gasteiger partial charge in [-0.15, -0.1) is 10.2 Å². The maximum Gasteiger partial charge on any atom is 0.285 e. The molecule has 3 aromatic rings. The second kappa shape index (κ2) is 12.5. The Bertz CT molecular complexity index is 1660. The summed E-state index contributed by atoms with van der Waals surface area (Å²) in [6, 6.07) is 10.3. The number of rotatable bonds is 10. The maximum absolute atomic E-state index is 15.1. The number of aromatic nitrogens is 3. The van der Waals surface area contributed by atoms with E-state index in [0.717, 1.165) is 37.9 Å². The monoisotopic (exact) mass is 648 g/mol. The molecule has 5 aliphatic rings. The van der Waals surface area contributed by atoms with Crippen LogP contribution in [0.3, 0.4) is 0 Å². The molecule has 8 rings (SSSR count). The van der Waals surface area contributed by atoms with E-state index >= 15 is 4.39 Å². The Labute approximate surface area is 269 Å². The highest BCUT2D eigenvalue weighted by Gasteiger charge is 2.52. The highest BCUT2D eigenvalue weighted by atomic mass is 32.2. The fourth-order valence-corrected chi connectivity index (χ4v) is 10.4. The van der Waals surface area contributed by atoms with E-state index in [-0.39, 0.29) is 22.7 Å². The van der Waals surface area contributed by atoms with Crippen molar-refractivity contribution >= 4 is 21.7 Å². The van der Waals surface area contributed by atoms with Crippen LogP contribution in [0.25, 0.3) is 11.1 Å². The number of amides is 1. The number of nitrogens with zero attached hydrogens (tertiary/aromatic N) is 5. The van der Waals surface area contributed by atoms with Gasteiger partial charge in [-0.25, -0.2) is 17.5 Å². The number of hydrogen-bond donors (Lipinski definition) is 1. The molecule has 1 N–H and O–H groups in total. The zero-order valence-electron chi connectivity index (χ0n) is 26.2. The standard InChI is InChI=1S/C34H41FN6O4S/c1-2-45-28-15-27(19-36-20-28)29-4-3-23(14-30(29)35)21-40-7-9-41(10-8-40)32-6-5-31(37-38-32)33(42)39-46(43,44)22-34-16-24-11-25(17-34)13-26(12-24)18-34/h3-6,14-15,19-20,24-26H,2,7-13,16-18,21-22H2,1H3,(H,39,42). The molecule has 12 heteroatoms. The zero-order valence-corrected chi connectivity index (χ0v) is 27.0. The first-order valence-corrected chi connectivity index (χ1v) is 18.0. The molecule has 10 nitrogen and oxygen atoms in total. The number of carbonyl (C=O) groups is 1. The summed E-state index contributed by atoms with van der Waals surface area (Å²) in [4.78, 5) is 21.4. The molecule has 0 radical (unpaired) electrons. The van der Waals surface area contributed by atoms with Crippen molar-refractivity contribution < 1.29 is 22.3 Å². The van der Waals surface area contributed by atoms with Gasteiger partial charge in [0, 0.05) is 50.0 Å². The van der Waals surface area contributed by atoms with Crippen LogP contribution in [0.4, 0.5) is 10.2 Å². The summed E-state index contributed by atoms with van der Waals surface area (Å²) < 4.78 is 49.0. The fraction of sp³-hybridized carbons (Fsp3) is 0.529. The summed E-state index contributed by atoms with van der Waals surface area (Å²) in [6.07, 6.45) is 9.84. The molecule has 0 spiro atoms.